The lowest BCUT2D eigenvalue weighted by Crippen LogP contribution is -2.30. The molecule has 0 unspecified atom stereocenters. The van der Waals surface area contributed by atoms with Crippen LogP contribution in [-0.4, -0.2) is 23.4 Å². The van der Waals surface area contributed by atoms with Crippen LogP contribution in [0.4, 0.5) is 0 Å². The number of amides is 1. The van der Waals surface area contributed by atoms with Crippen LogP contribution in [0.5, 0.6) is 0 Å². The molecule has 94 valence electrons. The lowest BCUT2D eigenvalue weighted by Gasteiger charge is -2.04. The molecule has 1 saturated carbocycles. The number of carbonyl (C=O) groups is 1. The molecule has 0 aromatic carbocycles. The van der Waals surface area contributed by atoms with Crippen molar-refractivity contribution in [2.75, 3.05) is 12.3 Å². The van der Waals surface area contributed by atoms with Crippen molar-refractivity contribution in [3.63, 3.8) is 0 Å². The molecular formula is C13H20N2OS. The summed E-state index contributed by atoms with van der Waals surface area (Å²) in [5.41, 5.74) is 1.37. The van der Waals surface area contributed by atoms with Crippen LogP contribution in [0.25, 0.3) is 0 Å². The number of thioether (sulfide) groups is 1. The summed E-state index contributed by atoms with van der Waals surface area (Å²) in [5, 5.41) is 3.74. The summed E-state index contributed by atoms with van der Waals surface area (Å²) in [6.45, 7) is 9.31. The van der Waals surface area contributed by atoms with Crippen molar-refractivity contribution in [1.82, 2.24) is 5.32 Å². The first-order valence-electron chi connectivity index (χ1n) is 6.06. The van der Waals surface area contributed by atoms with Gasteiger partial charge >= 0.3 is 0 Å². The topological polar surface area (TPSA) is 41.5 Å². The van der Waals surface area contributed by atoms with E-state index in [1.165, 1.54) is 5.57 Å². The molecule has 1 fully saturated rings. The van der Waals surface area contributed by atoms with Gasteiger partial charge in [-0.3, -0.25) is 9.79 Å². The van der Waals surface area contributed by atoms with Gasteiger partial charge in [-0.2, -0.15) is 0 Å². The number of rotatable bonds is 2. The lowest BCUT2D eigenvalue weighted by atomic mass is 10.1. The van der Waals surface area contributed by atoms with Crippen LogP contribution in [0.3, 0.4) is 0 Å². The van der Waals surface area contributed by atoms with E-state index in [1.807, 2.05) is 0 Å². The first kappa shape index (κ1) is 12.7. The van der Waals surface area contributed by atoms with Gasteiger partial charge in [0.2, 0.25) is 5.91 Å². The minimum Gasteiger partial charge on any atom is -0.305 e. The summed E-state index contributed by atoms with van der Waals surface area (Å²) in [7, 11) is 0. The smallest absolute Gasteiger partial charge is 0.230 e. The monoisotopic (exact) mass is 252 g/mol. The average molecular weight is 252 g/mol. The van der Waals surface area contributed by atoms with Crippen molar-refractivity contribution in [3.05, 3.63) is 11.6 Å². The molecule has 1 amide bonds. The molecule has 4 heteroatoms. The minimum absolute atomic E-state index is 0.0885. The molecule has 2 atom stereocenters. The molecule has 17 heavy (non-hydrogen) atoms. The summed E-state index contributed by atoms with van der Waals surface area (Å²) in [6.07, 6.45) is 2.22. The molecule has 1 N–H and O–H groups in total. The van der Waals surface area contributed by atoms with Crippen molar-refractivity contribution in [2.24, 2.45) is 22.2 Å². The van der Waals surface area contributed by atoms with Crippen molar-refractivity contribution in [3.8, 4) is 0 Å². The molecular weight excluding hydrogens is 232 g/mol. The van der Waals surface area contributed by atoms with Gasteiger partial charge in [0.25, 0.3) is 0 Å². The maximum Gasteiger partial charge on any atom is 0.230 e. The molecule has 0 radical (unpaired) electrons. The molecule has 1 aliphatic carbocycles. The molecule has 0 saturated heterocycles. The third kappa shape index (κ3) is 2.57. The highest BCUT2D eigenvalue weighted by Gasteiger charge is 2.60. The van der Waals surface area contributed by atoms with Gasteiger partial charge in [0.1, 0.15) is 0 Å². The Morgan fingerprint density at radius 3 is 2.76 bits per heavy atom. The van der Waals surface area contributed by atoms with Crippen LogP contribution < -0.4 is 5.32 Å². The summed E-state index contributed by atoms with van der Waals surface area (Å²) in [5.74, 6) is 1.59. The number of allylic oxidation sites excluding steroid dienone is 2. The summed E-state index contributed by atoms with van der Waals surface area (Å²) in [6, 6.07) is 0. The van der Waals surface area contributed by atoms with Gasteiger partial charge in [0.05, 0.1) is 12.5 Å². The Morgan fingerprint density at radius 1 is 1.53 bits per heavy atom. The fourth-order valence-electron chi connectivity index (χ4n) is 2.44. The molecule has 0 aromatic rings. The average Bonchev–Trinajstić information content (AvgIpc) is 2.64. The van der Waals surface area contributed by atoms with Crippen LogP contribution >= 0.6 is 11.8 Å². The van der Waals surface area contributed by atoms with Crippen LogP contribution in [-0.2, 0) is 4.79 Å². The van der Waals surface area contributed by atoms with Gasteiger partial charge in [0, 0.05) is 5.75 Å². The van der Waals surface area contributed by atoms with Gasteiger partial charge in [0.15, 0.2) is 5.17 Å². The molecule has 0 bridgehead atoms. The second kappa shape index (κ2) is 4.48. The van der Waals surface area contributed by atoms with E-state index in [2.05, 4.69) is 44.1 Å². The van der Waals surface area contributed by atoms with E-state index >= 15 is 0 Å². The first-order valence-corrected chi connectivity index (χ1v) is 7.04. The van der Waals surface area contributed by atoms with E-state index in [0.29, 0.717) is 5.92 Å². The van der Waals surface area contributed by atoms with E-state index in [0.717, 1.165) is 17.5 Å². The number of nitrogens with one attached hydrogen (secondary N) is 1. The zero-order valence-corrected chi connectivity index (χ0v) is 11.7. The highest BCUT2D eigenvalue weighted by atomic mass is 32.2. The number of aliphatic imine (C=N–C) groups is 1. The van der Waals surface area contributed by atoms with Crippen molar-refractivity contribution in [1.29, 1.82) is 0 Å². The number of hydrogen-bond donors (Lipinski definition) is 1. The van der Waals surface area contributed by atoms with Crippen LogP contribution in [0.15, 0.2) is 16.6 Å². The number of nitrogens with zero attached hydrogens (tertiary/aromatic N) is 1. The number of hydrogen-bond acceptors (Lipinski definition) is 3. The van der Waals surface area contributed by atoms with Gasteiger partial charge < -0.3 is 5.32 Å². The Labute approximate surface area is 107 Å². The maximum atomic E-state index is 12.1. The highest BCUT2D eigenvalue weighted by Crippen LogP contribution is 2.59. The summed E-state index contributed by atoms with van der Waals surface area (Å²) >= 11 is 1.63. The predicted octanol–water partition coefficient (Wildman–Crippen LogP) is 2.44. The third-order valence-corrected chi connectivity index (χ3v) is 4.41. The quantitative estimate of drug-likeness (QED) is 0.767. The summed E-state index contributed by atoms with van der Waals surface area (Å²) in [4.78, 5) is 16.4. The Hall–Kier alpha value is -0.770. The zero-order valence-electron chi connectivity index (χ0n) is 10.9. The van der Waals surface area contributed by atoms with E-state index < -0.39 is 0 Å². The minimum atomic E-state index is 0.0885. The van der Waals surface area contributed by atoms with Crippen molar-refractivity contribution < 1.29 is 4.79 Å². The maximum absolute atomic E-state index is 12.1. The molecule has 0 spiro atoms. The van der Waals surface area contributed by atoms with Crippen LogP contribution in [0.2, 0.25) is 0 Å². The Kier molecular flexibility index (Phi) is 3.34. The third-order valence-electron chi connectivity index (χ3n) is 3.52. The molecule has 2 rings (SSSR count). The Balaban J connectivity index is 1.99. The predicted molar refractivity (Wildman–Crippen MR) is 73.1 cm³/mol. The molecule has 1 heterocycles. The normalized spacial score (nSPS) is 29.5. The highest BCUT2D eigenvalue weighted by molar-refractivity contribution is 8.14. The van der Waals surface area contributed by atoms with E-state index in [4.69, 9.17) is 0 Å². The lowest BCUT2D eigenvalue weighted by molar-refractivity contribution is -0.121. The molecule has 1 aliphatic heterocycles. The standard InChI is InChI=1S/C13H20N2OS/c1-8(2)7-9-10(13(9,3)4)11(16)15-12-14-5-6-17-12/h7,9-10H,5-6H2,1-4H3,(H,14,15,16)/t9-,10+/m0/s1. The number of amidine groups is 1. The van der Waals surface area contributed by atoms with Crippen LogP contribution in [0, 0.1) is 17.3 Å². The van der Waals surface area contributed by atoms with E-state index in [9.17, 15) is 4.79 Å². The second-order valence-corrected chi connectivity index (χ2v) is 6.68. The molecule has 3 nitrogen and oxygen atoms in total. The zero-order chi connectivity index (χ0) is 12.6. The number of carbonyl (C=O) groups excluding carboxylic acids is 1. The van der Waals surface area contributed by atoms with E-state index in [1.54, 1.807) is 11.8 Å². The van der Waals surface area contributed by atoms with Crippen LogP contribution in [0.1, 0.15) is 27.7 Å². The second-order valence-electron chi connectivity index (χ2n) is 5.59. The van der Waals surface area contributed by atoms with Crippen molar-refractivity contribution in [2.45, 2.75) is 27.7 Å². The van der Waals surface area contributed by atoms with Gasteiger partial charge in [-0.05, 0) is 25.2 Å². The Morgan fingerprint density at radius 2 is 2.24 bits per heavy atom. The Bertz CT molecular complexity index is 394. The fraction of sp³-hybridized carbons (Fsp3) is 0.692. The van der Waals surface area contributed by atoms with Crippen molar-refractivity contribution >= 4 is 22.8 Å². The molecule has 0 aromatic heterocycles. The largest absolute Gasteiger partial charge is 0.305 e. The van der Waals surface area contributed by atoms with Gasteiger partial charge in [-0.15, -0.1) is 0 Å². The van der Waals surface area contributed by atoms with Gasteiger partial charge in [-0.1, -0.05) is 37.3 Å². The SMILES string of the molecule is CC(C)=C[C@H]1[C@H](C(=O)NC2=NCCS2)C1(C)C. The van der Waals surface area contributed by atoms with Gasteiger partial charge in [-0.25, -0.2) is 0 Å². The fourth-order valence-corrected chi connectivity index (χ4v) is 3.17. The molecule has 2 aliphatic rings. The summed E-state index contributed by atoms with van der Waals surface area (Å²) < 4.78 is 0. The van der Waals surface area contributed by atoms with E-state index in [-0.39, 0.29) is 17.2 Å². The first-order chi connectivity index (χ1) is 7.93.